The van der Waals surface area contributed by atoms with Crippen molar-refractivity contribution in [1.29, 1.82) is 0 Å². The van der Waals surface area contributed by atoms with E-state index in [-0.39, 0.29) is 17.3 Å². The Bertz CT molecular complexity index is 871. The summed E-state index contributed by atoms with van der Waals surface area (Å²) < 4.78 is 18.5. The molecular weight excluding hydrogens is 313 g/mol. The van der Waals surface area contributed by atoms with E-state index in [4.69, 9.17) is 9.84 Å². The van der Waals surface area contributed by atoms with Gasteiger partial charge in [0.1, 0.15) is 11.6 Å². The Kier molecular flexibility index (Phi) is 3.81. The maximum absolute atomic E-state index is 13.1. The average molecular weight is 327 g/mol. The number of benzene rings is 2. The highest BCUT2D eigenvalue weighted by Crippen LogP contribution is 2.40. The molecule has 0 saturated carbocycles. The zero-order chi connectivity index (χ0) is 17.4. The SMILES string of the molecule is COC(=C1C(=O)N(C)c2cc(C(=O)O)ccc21)c1ccc(F)cc1. The van der Waals surface area contributed by atoms with Crippen LogP contribution in [-0.4, -0.2) is 31.1 Å². The van der Waals surface area contributed by atoms with Crippen molar-refractivity contribution in [2.75, 3.05) is 19.1 Å². The lowest BCUT2D eigenvalue weighted by Crippen LogP contribution is -2.21. The highest BCUT2D eigenvalue weighted by Gasteiger charge is 2.34. The molecule has 0 unspecified atom stereocenters. The van der Waals surface area contributed by atoms with Crippen LogP contribution >= 0.6 is 0 Å². The Labute approximate surface area is 137 Å². The van der Waals surface area contributed by atoms with Gasteiger partial charge in [-0.3, -0.25) is 4.79 Å². The number of carbonyl (C=O) groups is 2. The molecule has 0 atom stereocenters. The molecule has 3 rings (SSSR count). The molecular formula is C18H14FNO4. The first-order valence-electron chi connectivity index (χ1n) is 7.14. The van der Waals surface area contributed by atoms with E-state index in [0.717, 1.165) is 0 Å². The summed E-state index contributed by atoms with van der Waals surface area (Å²) in [5.74, 6) is -1.45. The van der Waals surface area contributed by atoms with Crippen LogP contribution in [0.3, 0.4) is 0 Å². The van der Waals surface area contributed by atoms with Gasteiger partial charge in [0.2, 0.25) is 0 Å². The molecule has 0 spiro atoms. The summed E-state index contributed by atoms with van der Waals surface area (Å²) >= 11 is 0. The minimum absolute atomic E-state index is 0.0930. The summed E-state index contributed by atoms with van der Waals surface area (Å²) in [5, 5.41) is 9.12. The van der Waals surface area contributed by atoms with Crippen molar-refractivity contribution in [3.05, 3.63) is 65.0 Å². The fraction of sp³-hybridized carbons (Fsp3) is 0.111. The molecule has 0 bridgehead atoms. The van der Waals surface area contributed by atoms with Crippen LogP contribution in [0.15, 0.2) is 42.5 Å². The van der Waals surface area contributed by atoms with Gasteiger partial charge < -0.3 is 14.7 Å². The minimum atomic E-state index is -1.07. The predicted molar refractivity (Wildman–Crippen MR) is 87.0 cm³/mol. The number of carbonyl (C=O) groups excluding carboxylic acids is 1. The molecule has 2 aromatic carbocycles. The molecule has 0 saturated heterocycles. The number of ether oxygens (including phenoxy) is 1. The number of carboxylic acid groups (broad SMARTS) is 1. The van der Waals surface area contributed by atoms with Crippen LogP contribution in [0, 0.1) is 5.82 Å². The molecule has 2 aromatic rings. The molecule has 0 aromatic heterocycles. The predicted octanol–water partition coefficient (Wildman–Crippen LogP) is 3.02. The summed E-state index contributed by atoms with van der Waals surface area (Å²) in [6.07, 6.45) is 0. The van der Waals surface area contributed by atoms with E-state index in [2.05, 4.69) is 0 Å². The zero-order valence-electron chi connectivity index (χ0n) is 13.0. The number of anilines is 1. The lowest BCUT2D eigenvalue weighted by Gasteiger charge is -2.11. The number of nitrogens with zero attached hydrogens (tertiary/aromatic N) is 1. The van der Waals surface area contributed by atoms with Crippen LogP contribution in [0.1, 0.15) is 21.5 Å². The normalized spacial score (nSPS) is 15.3. The van der Waals surface area contributed by atoms with E-state index in [9.17, 15) is 14.0 Å². The number of carboxylic acids is 1. The van der Waals surface area contributed by atoms with Crippen LogP contribution in [-0.2, 0) is 9.53 Å². The van der Waals surface area contributed by atoms with Gasteiger partial charge in [0, 0.05) is 18.2 Å². The van der Waals surface area contributed by atoms with Gasteiger partial charge in [0.25, 0.3) is 5.91 Å². The van der Waals surface area contributed by atoms with Crippen molar-refractivity contribution in [1.82, 2.24) is 0 Å². The van der Waals surface area contributed by atoms with Gasteiger partial charge in [0.15, 0.2) is 0 Å². The van der Waals surface area contributed by atoms with E-state index in [1.54, 1.807) is 13.1 Å². The van der Waals surface area contributed by atoms with Crippen LogP contribution in [0.25, 0.3) is 11.3 Å². The Balaban J connectivity index is 2.23. The first kappa shape index (κ1) is 15.7. The first-order valence-corrected chi connectivity index (χ1v) is 7.14. The third-order valence-electron chi connectivity index (χ3n) is 3.93. The van der Waals surface area contributed by atoms with Crippen LogP contribution in [0.5, 0.6) is 0 Å². The monoisotopic (exact) mass is 327 g/mol. The number of halogens is 1. The molecule has 1 aliphatic rings. The second kappa shape index (κ2) is 5.81. The Morgan fingerprint density at radius 1 is 1.12 bits per heavy atom. The summed E-state index contributed by atoms with van der Waals surface area (Å²) in [5.41, 5.74) is 2.04. The van der Waals surface area contributed by atoms with Gasteiger partial charge in [-0.2, -0.15) is 0 Å². The quantitative estimate of drug-likeness (QED) is 0.695. The molecule has 1 N–H and O–H groups in total. The van der Waals surface area contributed by atoms with Gasteiger partial charge in [-0.1, -0.05) is 6.07 Å². The topological polar surface area (TPSA) is 66.8 Å². The number of hydrogen-bond donors (Lipinski definition) is 1. The molecule has 0 aliphatic carbocycles. The van der Waals surface area contributed by atoms with Crippen molar-refractivity contribution in [2.45, 2.75) is 0 Å². The smallest absolute Gasteiger partial charge is 0.335 e. The van der Waals surface area contributed by atoms with E-state index >= 15 is 0 Å². The average Bonchev–Trinajstić information content (AvgIpc) is 2.82. The lowest BCUT2D eigenvalue weighted by molar-refractivity contribution is -0.112. The molecule has 1 heterocycles. The Morgan fingerprint density at radius 3 is 2.33 bits per heavy atom. The Hall–Kier alpha value is -3.15. The summed E-state index contributed by atoms with van der Waals surface area (Å²) in [6, 6.07) is 10.1. The minimum Gasteiger partial charge on any atom is -0.495 e. The number of likely N-dealkylation sites (N-methyl/N-ethyl adjacent to an activating group) is 1. The largest absolute Gasteiger partial charge is 0.495 e. The van der Waals surface area contributed by atoms with E-state index in [0.29, 0.717) is 28.1 Å². The van der Waals surface area contributed by atoms with Crippen molar-refractivity contribution in [3.63, 3.8) is 0 Å². The van der Waals surface area contributed by atoms with Gasteiger partial charge in [0.05, 0.1) is 23.9 Å². The second-order valence-electron chi connectivity index (χ2n) is 5.32. The molecule has 0 radical (unpaired) electrons. The lowest BCUT2D eigenvalue weighted by atomic mass is 10.0. The van der Waals surface area contributed by atoms with Gasteiger partial charge >= 0.3 is 5.97 Å². The molecule has 6 heteroatoms. The summed E-state index contributed by atoms with van der Waals surface area (Å²) in [4.78, 5) is 25.2. The highest BCUT2D eigenvalue weighted by molar-refractivity contribution is 6.37. The fourth-order valence-corrected chi connectivity index (χ4v) is 2.73. The number of rotatable bonds is 3. The fourth-order valence-electron chi connectivity index (χ4n) is 2.73. The number of aromatic carboxylic acids is 1. The molecule has 1 aliphatic heterocycles. The van der Waals surface area contributed by atoms with Crippen LogP contribution in [0.4, 0.5) is 10.1 Å². The van der Waals surface area contributed by atoms with Crippen molar-refractivity contribution in [2.24, 2.45) is 0 Å². The van der Waals surface area contributed by atoms with Gasteiger partial charge in [-0.05, 0) is 36.4 Å². The summed E-state index contributed by atoms with van der Waals surface area (Å²) in [7, 11) is 3.00. The number of methoxy groups -OCH3 is 1. The van der Waals surface area contributed by atoms with Gasteiger partial charge in [-0.15, -0.1) is 0 Å². The standard InChI is InChI=1S/C18H14FNO4/c1-20-14-9-11(18(22)23)5-8-13(14)15(17(20)21)16(24-2)10-3-6-12(19)7-4-10/h3-9H,1-2H3,(H,22,23). The first-order chi connectivity index (χ1) is 11.4. The van der Waals surface area contributed by atoms with Gasteiger partial charge in [-0.25, -0.2) is 9.18 Å². The third-order valence-corrected chi connectivity index (χ3v) is 3.93. The van der Waals surface area contributed by atoms with E-state index in [1.165, 1.54) is 48.4 Å². The third kappa shape index (κ3) is 2.42. The molecule has 1 amide bonds. The summed E-state index contributed by atoms with van der Waals surface area (Å²) in [6.45, 7) is 0. The maximum Gasteiger partial charge on any atom is 0.335 e. The number of amides is 1. The molecule has 0 fully saturated rings. The molecule has 5 nitrogen and oxygen atoms in total. The van der Waals surface area contributed by atoms with E-state index in [1.807, 2.05) is 0 Å². The van der Waals surface area contributed by atoms with E-state index < -0.39 is 5.97 Å². The molecule has 24 heavy (non-hydrogen) atoms. The second-order valence-corrected chi connectivity index (χ2v) is 5.32. The highest BCUT2D eigenvalue weighted by atomic mass is 19.1. The number of fused-ring (bicyclic) bond motifs is 1. The van der Waals surface area contributed by atoms with Crippen molar-refractivity contribution in [3.8, 4) is 0 Å². The Morgan fingerprint density at radius 2 is 1.75 bits per heavy atom. The zero-order valence-corrected chi connectivity index (χ0v) is 13.0. The maximum atomic E-state index is 13.1. The number of hydrogen-bond acceptors (Lipinski definition) is 3. The van der Waals surface area contributed by atoms with Crippen LogP contribution in [0.2, 0.25) is 0 Å². The van der Waals surface area contributed by atoms with Crippen LogP contribution < -0.4 is 4.90 Å². The van der Waals surface area contributed by atoms with Crippen molar-refractivity contribution < 1.29 is 23.8 Å². The van der Waals surface area contributed by atoms with Crippen molar-refractivity contribution >= 4 is 28.9 Å². The molecule has 122 valence electrons.